The highest BCUT2D eigenvalue weighted by Gasteiger charge is 2.17. The number of rotatable bonds is 8. The van der Waals surface area contributed by atoms with Gasteiger partial charge in [-0.3, -0.25) is 4.79 Å². The summed E-state index contributed by atoms with van der Waals surface area (Å²) in [6, 6.07) is 4.12. The second kappa shape index (κ2) is 8.39. The first kappa shape index (κ1) is 16.3. The Kier molecular flexibility index (Phi) is 6.83. The molecule has 1 aromatic rings. The Morgan fingerprint density at radius 1 is 1.20 bits per heavy atom. The van der Waals surface area contributed by atoms with Crippen LogP contribution in [-0.2, 0) is 0 Å². The Bertz CT molecular complexity index is 438. The Labute approximate surface area is 118 Å². The van der Waals surface area contributed by atoms with Crippen LogP contribution in [0.4, 0.5) is 0 Å². The van der Waals surface area contributed by atoms with Gasteiger partial charge in [-0.1, -0.05) is 18.9 Å². The zero-order chi connectivity index (χ0) is 15.0. The molecule has 0 aliphatic rings. The lowest BCUT2D eigenvalue weighted by molar-refractivity contribution is 0.0932. The molecule has 1 rings (SSSR count). The third-order valence-electron chi connectivity index (χ3n) is 3.14. The Balaban J connectivity index is 2.56. The number of para-hydroxylation sites is 1. The molecule has 0 fully saturated rings. The van der Waals surface area contributed by atoms with E-state index in [0.717, 1.165) is 25.7 Å². The van der Waals surface area contributed by atoms with Crippen LogP contribution in [0.2, 0.25) is 0 Å². The van der Waals surface area contributed by atoms with E-state index in [1.54, 1.807) is 0 Å². The normalized spacial score (nSPS) is 12.1. The quantitative estimate of drug-likeness (QED) is 0.354. The summed E-state index contributed by atoms with van der Waals surface area (Å²) >= 11 is 0. The van der Waals surface area contributed by atoms with Gasteiger partial charge in [-0.25, -0.2) is 0 Å². The van der Waals surface area contributed by atoms with Crippen molar-refractivity contribution in [3.05, 3.63) is 23.8 Å². The van der Waals surface area contributed by atoms with Gasteiger partial charge in [-0.15, -0.1) is 0 Å². The number of carbonyl (C=O) groups is 1. The van der Waals surface area contributed by atoms with Crippen LogP contribution in [0, 0.1) is 0 Å². The zero-order valence-corrected chi connectivity index (χ0v) is 11.5. The highest BCUT2D eigenvalue weighted by Crippen LogP contribution is 2.28. The van der Waals surface area contributed by atoms with Gasteiger partial charge in [-0.2, -0.15) is 0 Å². The van der Waals surface area contributed by atoms with E-state index in [-0.39, 0.29) is 17.4 Å². The summed E-state index contributed by atoms with van der Waals surface area (Å²) in [5.74, 6) is -1.17. The van der Waals surface area contributed by atoms with Crippen molar-refractivity contribution in [3.8, 4) is 11.5 Å². The molecule has 1 atom stereocenters. The first-order valence-electron chi connectivity index (χ1n) is 6.82. The van der Waals surface area contributed by atoms with Crippen LogP contribution in [0.1, 0.15) is 36.0 Å². The standard InChI is InChI=1S/C14H23N3O3/c15-8-3-1-2-5-10(9-16)17-14(20)11-6-4-7-12(18)13(11)19/h4,6-7,10,18-19H,1-3,5,8-9,15-16H2,(H,17,20)/t10-/m1/s1. The smallest absolute Gasteiger partial charge is 0.255 e. The summed E-state index contributed by atoms with van der Waals surface area (Å²) in [5.41, 5.74) is 11.1. The van der Waals surface area contributed by atoms with Crippen LogP contribution >= 0.6 is 0 Å². The summed E-state index contributed by atoms with van der Waals surface area (Å²) < 4.78 is 0. The predicted octanol–water partition coefficient (Wildman–Crippen LogP) is 0.674. The van der Waals surface area contributed by atoms with Crippen molar-refractivity contribution in [2.45, 2.75) is 31.7 Å². The third kappa shape index (κ3) is 4.71. The molecule has 1 amide bonds. The SMILES string of the molecule is NCCCCC[C@H](CN)NC(=O)c1cccc(O)c1O. The molecule has 7 N–H and O–H groups in total. The molecule has 0 aromatic heterocycles. The van der Waals surface area contributed by atoms with Gasteiger partial charge in [0.05, 0.1) is 5.56 Å². The van der Waals surface area contributed by atoms with Crippen molar-refractivity contribution in [2.75, 3.05) is 13.1 Å². The molecule has 1 aromatic carbocycles. The minimum absolute atomic E-state index is 0.0467. The molecule has 0 heterocycles. The number of phenolic OH excluding ortho intramolecular Hbond substituents is 2. The van der Waals surface area contributed by atoms with Crippen LogP contribution in [0.5, 0.6) is 11.5 Å². The van der Waals surface area contributed by atoms with E-state index in [9.17, 15) is 15.0 Å². The number of amides is 1. The van der Waals surface area contributed by atoms with Gasteiger partial charge in [0.2, 0.25) is 0 Å². The van der Waals surface area contributed by atoms with Crippen LogP contribution in [0.25, 0.3) is 0 Å². The number of unbranched alkanes of at least 4 members (excludes halogenated alkanes) is 2. The Morgan fingerprint density at radius 2 is 1.95 bits per heavy atom. The van der Waals surface area contributed by atoms with E-state index in [1.165, 1.54) is 18.2 Å². The summed E-state index contributed by atoms with van der Waals surface area (Å²) in [5, 5.41) is 21.8. The maximum absolute atomic E-state index is 12.0. The van der Waals surface area contributed by atoms with Crippen LogP contribution in [0.3, 0.4) is 0 Å². The second-order valence-corrected chi connectivity index (χ2v) is 4.72. The lowest BCUT2D eigenvalue weighted by atomic mass is 10.1. The topological polar surface area (TPSA) is 122 Å². The van der Waals surface area contributed by atoms with Crippen molar-refractivity contribution < 1.29 is 15.0 Å². The third-order valence-corrected chi connectivity index (χ3v) is 3.14. The Morgan fingerprint density at radius 3 is 2.60 bits per heavy atom. The van der Waals surface area contributed by atoms with Gasteiger partial charge < -0.3 is 27.0 Å². The van der Waals surface area contributed by atoms with Gasteiger partial charge in [0.15, 0.2) is 11.5 Å². The molecule has 0 saturated heterocycles. The molecular weight excluding hydrogens is 258 g/mol. The van der Waals surface area contributed by atoms with Crippen molar-refractivity contribution in [1.82, 2.24) is 5.32 Å². The van der Waals surface area contributed by atoms with Crippen LogP contribution < -0.4 is 16.8 Å². The van der Waals surface area contributed by atoms with Crippen LogP contribution in [-0.4, -0.2) is 35.3 Å². The van der Waals surface area contributed by atoms with Crippen molar-refractivity contribution in [3.63, 3.8) is 0 Å². The fraction of sp³-hybridized carbons (Fsp3) is 0.500. The number of hydrogen-bond donors (Lipinski definition) is 5. The molecule has 6 nitrogen and oxygen atoms in total. The summed E-state index contributed by atoms with van der Waals surface area (Å²) in [7, 11) is 0. The average Bonchev–Trinajstić information content (AvgIpc) is 2.45. The van der Waals surface area contributed by atoms with Gasteiger partial charge in [0.1, 0.15) is 0 Å². The fourth-order valence-electron chi connectivity index (χ4n) is 1.94. The second-order valence-electron chi connectivity index (χ2n) is 4.72. The maximum atomic E-state index is 12.0. The lowest BCUT2D eigenvalue weighted by Gasteiger charge is -2.17. The predicted molar refractivity (Wildman–Crippen MR) is 77.6 cm³/mol. The molecule has 0 bridgehead atoms. The molecule has 0 aliphatic heterocycles. The Hall–Kier alpha value is -1.79. The largest absolute Gasteiger partial charge is 0.504 e. The molecule has 0 unspecified atom stereocenters. The van der Waals surface area contributed by atoms with E-state index in [0.29, 0.717) is 13.1 Å². The first-order valence-corrected chi connectivity index (χ1v) is 6.82. The number of carbonyl (C=O) groups excluding carboxylic acids is 1. The van der Waals surface area contributed by atoms with Crippen LogP contribution in [0.15, 0.2) is 18.2 Å². The highest BCUT2D eigenvalue weighted by molar-refractivity contribution is 5.97. The van der Waals surface area contributed by atoms with Crippen molar-refractivity contribution in [1.29, 1.82) is 0 Å². The number of phenols is 2. The molecule has 0 aliphatic carbocycles. The van der Waals surface area contributed by atoms with E-state index < -0.39 is 11.7 Å². The molecule has 6 heteroatoms. The number of benzene rings is 1. The van der Waals surface area contributed by atoms with Crippen molar-refractivity contribution in [2.24, 2.45) is 11.5 Å². The fourth-order valence-corrected chi connectivity index (χ4v) is 1.94. The monoisotopic (exact) mass is 281 g/mol. The number of aromatic hydroxyl groups is 2. The molecule has 112 valence electrons. The van der Waals surface area contributed by atoms with Crippen molar-refractivity contribution >= 4 is 5.91 Å². The molecule has 0 spiro atoms. The molecule has 20 heavy (non-hydrogen) atoms. The number of hydrogen-bond acceptors (Lipinski definition) is 5. The first-order chi connectivity index (χ1) is 9.60. The lowest BCUT2D eigenvalue weighted by Crippen LogP contribution is -2.40. The average molecular weight is 281 g/mol. The minimum Gasteiger partial charge on any atom is -0.504 e. The van der Waals surface area contributed by atoms with E-state index in [2.05, 4.69) is 5.32 Å². The van der Waals surface area contributed by atoms with E-state index in [4.69, 9.17) is 11.5 Å². The summed E-state index contributed by atoms with van der Waals surface area (Å²) in [4.78, 5) is 12.0. The maximum Gasteiger partial charge on any atom is 0.255 e. The zero-order valence-electron chi connectivity index (χ0n) is 11.5. The summed E-state index contributed by atoms with van der Waals surface area (Å²) in [6.07, 6.45) is 3.66. The molecule has 0 saturated carbocycles. The highest BCUT2D eigenvalue weighted by atomic mass is 16.3. The number of nitrogens with one attached hydrogen (secondary N) is 1. The van der Waals surface area contributed by atoms with E-state index >= 15 is 0 Å². The van der Waals surface area contributed by atoms with Gasteiger partial charge in [-0.05, 0) is 31.5 Å². The number of nitrogens with two attached hydrogens (primary N) is 2. The molecule has 0 radical (unpaired) electrons. The van der Waals surface area contributed by atoms with Gasteiger partial charge in [0, 0.05) is 12.6 Å². The van der Waals surface area contributed by atoms with Gasteiger partial charge in [0.25, 0.3) is 5.91 Å². The summed E-state index contributed by atoms with van der Waals surface area (Å²) in [6.45, 7) is 0.991. The molecular formula is C14H23N3O3. The van der Waals surface area contributed by atoms with E-state index in [1.807, 2.05) is 0 Å². The minimum atomic E-state index is -0.437. The van der Waals surface area contributed by atoms with Gasteiger partial charge >= 0.3 is 0 Å².